The molecule has 4 atom stereocenters. The van der Waals surface area contributed by atoms with Gasteiger partial charge in [-0.3, -0.25) is 5.32 Å². The van der Waals surface area contributed by atoms with Crippen molar-refractivity contribution in [3.8, 4) is 0 Å². The van der Waals surface area contributed by atoms with E-state index in [1.165, 1.54) is 5.69 Å². The van der Waals surface area contributed by atoms with E-state index in [1.54, 1.807) is 0 Å². The average molecular weight is 435 g/mol. The molecule has 9 nitrogen and oxygen atoms in total. The highest BCUT2D eigenvalue weighted by atomic mass is 16.6. The molecule has 3 aliphatic rings. The Morgan fingerprint density at radius 1 is 1.22 bits per heavy atom. The summed E-state index contributed by atoms with van der Waals surface area (Å²) in [6.45, 7) is 9.47. The summed E-state index contributed by atoms with van der Waals surface area (Å²) in [4.78, 5) is 16.4. The van der Waals surface area contributed by atoms with Crippen LogP contribution >= 0.6 is 0 Å². The van der Waals surface area contributed by atoms with Gasteiger partial charge < -0.3 is 24.8 Å². The van der Waals surface area contributed by atoms with Gasteiger partial charge in [0, 0.05) is 44.3 Å². The Labute approximate surface area is 187 Å². The Morgan fingerprint density at radius 3 is 2.88 bits per heavy atom. The van der Waals surface area contributed by atoms with Gasteiger partial charge in [0.25, 0.3) is 0 Å². The molecular weight excluding hydrogens is 404 g/mol. The zero-order chi connectivity index (χ0) is 21.7. The number of aromatic nitrogens is 4. The van der Waals surface area contributed by atoms with E-state index >= 15 is 0 Å². The van der Waals surface area contributed by atoms with Crippen LogP contribution in [0.2, 0.25) is 0 Å². The quantitative estimate of drug-likeness (QED) is 0.528. The fourth-order valence-corrected chi connectivity index (χ4v) is 4.89. The van der Waals surface area contributed by atoms with Gasteiger partial charge in [0.2, 0.25) is 5.95 Å². The standard InChI is InChI=1S/C23H30N8O/c1-3-14(2)18-13-26-22-20(32-22)17-10-15-11-27-23(29-21(15)31(17)18)28-19-5-4-16(12-25-19)30-8-6-24-7-9-30/h4-5,10-12,14,18,20,22,24,26H,3,6-9,13H2,1-2H3,(H,25,27,28,29). The monoisotopic (exact) mass is 434 g/mol. The van der Waals surface area contributed by atoms with Gasteiger partial charge in [-0.25, -0.2) is 9.97 Å². The fraction of sp³-hybridized carbons (Fsp3) is 0.522. The Bertz CT molecular complexity index is 1110. The average Bonchev–Trinajstić information content (AvgIpc) is 3.55. The molecule has 6 heterocycles. The lowest BCUT2D eigenvalue weighted by Crippen LogP contribution is -2.43. The molecule has 3 aliphatic heterocycles. The molecule has 168 valence electrons. The van der Waals surface area contributed by atoms with Crippen LogP contribution < -0.4 is 20.9 Å². The molecule has 2 saturated heterocycles. The van der Waals surface area contributed by atoms with Crippen LogP contribution in [-0.2, 0) is 4.74 Å². The van der Waals surface area contributed by atoms with Gasteiger partial charge >= 0.3 is 0 Å². The molecule has 0 saturated carbocycles. The maximum atomic E-state index is 5.85. The first-order valence-corrected chi connectivity index (χ1v) is 11.7. The summed E-state index contributed by atoms with van der Waals surface area (Å²) in [5.41, 5.74) is 3.30. The van der Waals surface area contributed by atoms with Crippen molar-refractivity contribution in [2.45, 2.75) is 38.6 Å². The lowest BCUT2D eigenvalue weighted by molar-refractivity contribution is 0.274. The van der Waals surface area contributed by atoms with Gasteiger partial charge in [0.1, 0.15) is 23.8 Å². The zero-order valence-corrected chi connectivity index (χ0v) is 18.6. The Hall–Kier alpha value is -2.75. The second-order valence-electron chi connectivity index (χ2n) is 9.01. The first-order chi connectivity index (χ1) is 15.7. The lowest BCUT2D eigenvalue weighted by atomic mass is 9.99. The zero-order valence-electron chi connectivity index (χ0n) is 18.6. The maximum Gasteiger partial charge on any atom is 0.230 e. The van der Waals surface area contributed by atoms with Crippen LogP contribution in [0.1, 0.15) is 38.1 Å². The minimum Gasteiger partial charge on any atom is -0.368 e. The van der Waals surface area contributed by atoms with E-state index in [-0.39, 0.29) is 12.3 Å². The van der Waals surface area contributed by atoms with Crippen molar-refractivity contribution in [3.63, 3.8) is 0 Å². The Kier molecular flexibility index (Phi) is 4.97. The minimum absolute atomic E-state index is 0.105. The van der Waals surface area contributed by atoms with E-state index in [4.69, 9.17) is 9.72 Å². The first kappa shape index (κ1) is 19.9. The second-order valence-corrected chi connectivity index (χ2v) is 9.01. The molecule has 9 heteroatoms. The molecule has 6 rings (SSSR count). The molecule has 3 aromatic rings. The topological polar surface area (TPSA) is 95.5 Å². The van der Waals surface area contributed by atoms with Gasteiger partial charge in [0.15, 0.2) is 0 Å². The van der Waals surface area contributed by atoms with Gasteiger partial charge in [0.05, 0.1) is 23.6 Å². The van der Waals surface area contributed by atoms with Crippen molar-refractivity contribution in [1.29, 1.82) is 0 Å². The number of pyridine rings is 1. The maximum absolute atomic E-state index is 5.85. The SMILES string of the molecule is CCC(C)C1CNC2OC2c2cc3cnc(Nc4ccc(N5CCNCC5)cn4)nc3n21. The molecule has 3 aromatic heterocycles. The largest absolute Gasteiger partial charge is 0.368 e. The molecular formula is C23H30N8O. The number of hydrogen-bond donors (Lipinski definition) is 3. The molecule has 0 aliphatic carbocycles. The number of hydrogen-bond acceptors (Lipinski definition) is 8. The fourth-order valence-electron chi connectivity index (χ4n) is 4.89. The second kappa shape index (κ2) is 7.99. The summed E-state index contributed by atoms with van der Waals surface area (Å²) in [6, 6.07) is 6.63. The molecule has 0 spiro atoms. The van der Waals surface area contributed by atoms with Gasteiger partial charge in [-0.15, -0.1) is 0 Å². The smallest absolute Gasteiger partial charge is 0.230 e. The van der Waals surface area contributed by atoms with Crippen molar-refractivity contribution in [2.24, 2.45) is 5.92 Å². The Morgan fingerprint density at radius 2 is 2.09 bits per heavy atom. The van der Waals surface area contributed by atoms with Crippen molar-refractivity contribution in [3.05, 3.63) is 36.3 Å². The van der Waals surface area contributed by atoms with Crippen molar-refractivity contribution in [1.82, 2.24) is 30.2 Å². The van der Waals surface area contributed by atoms with Crippen LogP contribution in [-0.4, -0.2) is 58.5 Å². The summed E-state index contributed by atoms with van der Waals surface area (Å²) in [6.07, 6.45) is 5.16. The van der Waals surface area contributed by atoms with E-state index in [1.807, 2.05) is 18.5 Å². The third kappa shape index (κ3) is 3.50. The van der Waals surface area contributed by atoms with Gasteiger partial charge in [-0.05, 0) is 24.1 Å². The highest BCUT2D eigenvalue weighted by Crippen LogP contribution is 2.44. The minimum atomic E-state index is 0.105. The number of nitrogens with zero attached hydrogens (tertiary/aromatic N) is 5. The number of piperazine rings is 1. The van der Waals surface area contributed by atoms with Crippen molar-refractivity contribution < 1.29 is 4.74 Å². The third-order valence-electron chi connectivity index (χ3n) is 7.02. The molecule has 4 unspecified atom stereocenters. The van der Waals surface area contributed by atoms with Crippen LogP contribution in [0.15, 0.2) is 30.6 Å². The van der Waals surface area contributed by atoms with E-state index in [2.05, 4.69) is 61.4 Å². The van der Waals surface area contributed by atoms with Crippen LogP contribution in [0.4, 0.5) is 17.5 Å². The van der Waals surface area contributed by atoms with E-state index in [9.17, 15) is 0 Å². The number of anilines is 3. The van der Waals surface area contributed by atoms with Gasteiger partial charge in [-0.1, -0.05) is 20.3 Å². The van der Waals surface area contributed by atoms with E-state index < -0.39 is 0 Å². The molecule has 0 amide bonds. The Balaban J connectivity index is 1.29. The van der Waals surface area contributed by atoms with Crippen molar-refractivity contribution >= 4 is 28.5 Å². The summed E-state index contributed by atoms with van der Waals surface area (Å²) < 4.78 is 8.23. The molecule has 0 radical (unpaired) electrons. The third-order valence-corrected chi connectivity index (χ3v) is 7.02. The molecule has 2 fully saturated rings. The lowest BCUT2D eigenvalue weighted by Gasteiger charge is -2.29. The van der Waals surface area contributed by atoms with Crippen LogP contribution in [0.25, 0.3) is 11.0 Å². The molecule has 0 aromatic carbocycles. The van der Waals surface area contributed by atoms with E-state index in [0.29, 0.717) is 17.9 Å². The van der Waals surface area contributed by atoms with Crippen LogP contribution in [0.5, 0.6) is 0 Å². The first-order valence-electron chi connectivity index (χ1n) is 11.7. The molecule has 3 N–H and O–H groups in total. The van der Waals surface area contributed by atoms with Gasteiger partial charge in [-0.2, -0.15) is 4.98 Å². The number of ether oxygens (including phenoxy) is 1. The normalized spacial score (nSPS) is 25.7. The summed E-state index contributed by atoms with van der Waals surface area (Å²) in [5, 5.41) is 11.3. The summed E-state index contributed by atoms with van der Waals surface area (Å²) >= 11 is 0. The number of rotatable bonds is 5. The van der Waals surface area contributed by atoms with Crippen LogP contribution in [0.3, 0.4) is 0 Å². The highest BCUT2D eigenvalue weighted by molar-refractivity contribution is 5.79. The van der Waals surface area contributed by atoms with Crippen molar-refractivity contribution in [2.75, 3.05) is 42.9 Å². The summed E-state index contributed by atoms with van der Waals surface area (Å²) in [5.74, 6) is 1.84. The predicted molar refractivity (Wildman–Crippen MR) is 124 cm³/mol. The predicted octanol–water partition coefficient (Wildman–Crippen LogP) is 2.57. The molecule has 0 bridgehead atoms. The highest BCUT2D eigenvalue weighted by Gasteiger charge is 2.46. The summed E-state index contributed by atoms with van der Waals surface area (Å²) in [7, 11) is 0. The molecule has 32 heavy (non-hydrogen) atoms. The van der Waals surface area contributed by atoms with E-state index in [0.717, 1.165) is 61.7 Å². The van der Waals surface area contributed by atoms with Crippen LogP contribution in [0, 0.1) is 5.92 Å². The number of fused-ring (bicyclic) bond motifs is 5. The number of epoxide rings is 1. The number of nitrogens with one attached hydrogen (secondary N) is 3.